The minimum absolute atomic E-state index is 0.0308. The SMILES string of the molecule is C=C.C=CC(=C)N(C=CC(C)C(=O)NC(c1ccccc1)c1ccccc1)CCNC.CC.CC/C=C(/C)C/C=C(\C)CC.CCC#N. The summed E-state index contributed by atoms with van der Waals surface area (Å²) in [4.78, 5) is 14.9. The number of carbonyl (C=O) groups excluding carboxylic acids is 1. The van der Waals surface area contributed by atoms with E-state index in [1.54, 1.807) is 6.08 Å². The quantitative estimate of drug-likeness (QED) is 0.148. The third kappa shape index (κ3) is 23.9. The van der Waals surface area contributed by atoms with Crippen LogP contribution in [0.1, 0.15) is 98.2 Å². The molecule has 2 rings (SSSR count). The van der Waals surface area contributed by atoms with Crippen LogP contribution < -0.4 is 10.6 Å². The van der Waals surface area contributed by atoms with E-state index >= 15 is 0 Å². The molecule has 0 aliphatic carbocycles. The molecule has 264 valence electrons. The number of amides is 1. The molecule has 2 aromatic carbocycles. The number of carbonyl (C=O) groups is 1. The molecule has 5 nitrogen and oxygen atoms in total. The fourth-order valence-corrected chi connectivity index (χ4v) is 3.82. The molecule has 0 aliphatic heterocycles. The van der Waals surface area contributed by atoms with E-state index in [9.17, 15) is 4.79 Å². The van der Waals surface area contributed by atoms with Crippen molar-refractivity contribution in [2.75, 3.05) is 20.1 Å². The molecular formula is C43H66N4O. The number of rotatable bonds is 15. The second-order valence-corrected chi connectivity index (χ2v) is 10.5. The second-order valence-electron chi connectivity index (χ2n) is 10.5. The molecule has 0 aromatic heterocycles. The van der Waals surface area contributed by atoms with Crippen LogP contribution in [0.2, 0.25) is 0 Å². The average Bonchev–Trinajstić information content (AvgIpc) is 3.15. The van der Waals surface area contributed by atoms with Crippen LogP contribution in [-0.4, -0.2) is 30.9 Å². The molecule has 5 heteroatoms. The molecule has 0 saturated carbocycles. The van der Waals surface area contributed by atoms with Gasteiger partial charge in [0.05, 0.1) is 18.0 Å². The van der Waals surface area contributed by atoms with Gasteiger partial charge in [-0.2, -0.15) is 5.26 Å². The zero-order valence-electron chi connectivity index (χ0n) is 31.7. The van der Waals surface area contributed by atoms with E-state index in [0.29, 0.717) is 6.42 Å². The Balaban J connectivity index is -0.000000882. The van der Waals surface area contributed by atoms with Gasteiger partial charge in [-0.05, 0) is 57.4 Å². The van der Waals surface area contributed by atoms with Crippen LogP contribution in [0.4, 0.5) is 0 Å². The van der Waals surface area contributed by atoms with Crippen LogP contribution in [0.15, 0.2) is 134 Å². The van der Waals surface area contributed by atoms with Crippen LogP contribution in [0.5, 0.6) is 0 Å². The van der Waals surface area contributed by atoms with Gasteiger partial charge < -0.3 is 15.5 Å². The second kappa shape index (κ2) is 33.9. The molecule has 1 atom stereocenters. The summed E-state index contributed by atoms with van der Waals surface area (Å²) in [7, 11) is 1.90. The molecule has 0 spiro atoms. The number of nitrogens with zero attached hydrogens (tertiary/aromatic N) is 2. The fourth-order valence-electron chi connectivity index (χ4n) is 3.82. The van der Waals surface area contributed by atoms with Gasteiger partial charge in [0.2, 0.25) is 5.91 Å². The zero-order chi connectivity index (χ0) is 37.2. The van der Waals surface area contributed by atoms with E-state index in [-0.39, 0.29) is 17.9 Å². The monoisotopic (exact) mass is 655 g/mol. The number of allylic oxidation sites excluding steroid dienone is 5. The van der Waals surface area contributed by atoms with Gasteiger partial charge in [-0.1, -0.05) is 145 Å². The lowest BCUT2D eigenvalue weighted by molar-refractivity contribution is -0.123. The molecule has 0 aliphatic rings. The molecule has 48 heavy (non-hydrogen) atoms. The number of hydrogen-bond acceptors (Lipinski definition) is 4. The van der Waals surface area contributed by atoms with Crippen molar-refractivity contribution in [3.63, 3.8) is 0 Å². The third-order valence-corrected chi connectivity index (χ3v) is 6.77. The Hall–Kier alpha value is -4.40. The number of benzene rings is 2. The highest BCUT2D eigenvalue weighted by Crippen LogP contribution is 2.22. The highest BCUT2D eigenvalue weighted by atomic mass is 16.1. The summed E-state index contributed by atoms with van der Waals surface area (Å²) in [5.74, 6) is -0.323. The van der Waals surface area contributed by atoms with Crippen molar-refractivity contribution < 1.29 is 4.79 Å². The first-order valence-corrected chi connectivity index (χ1v) is 17.2. The largest absolute Gasteiger partial charge is 0.348 e. The van der Waals surface area contributed by atoms with Crippen molar-refractivity contribution in [2.24, 2.45) is 5.92 Å². The van der Waals surface area contributed by atoms with E-state index in [0.717, 1.165) is 42.8 Å². The van der Waals surface area contributed by atoms with Gasteiger partial charge >= 0.3 is 0 Å². The molecule has 1 unspecified atom stereocenters. The Morgan fingerprint density at radius 1 is 0.938 bits per heavy atom. The Bertz CT molecular complexity index is 1180. The lowest BCUT2D eigenvalue weighted by Crippen LogP contribution is -2.33. The Labute approximate surface area is 295 Å². The van der Waals surface area contributed by atoms with E-state index in [2.05, 4.69) is 76.8 Å². The number of hydrogen-bond donors (Lipinski definition) is 2. The summed E-state index contributed by atoms with van der Waals surface area (Å²) >= 11 is 0. The third-order valence-electron chi connectivity index (χ3n) is 6.77. The van der Waals surface area contributed by atoms with Crippen LogP contribution in [0, 0.1) is 17.2 Å². The van der Waals surface area contributed by atoms with Gasteiger partial charge in [0, 0.05) is 31.4 Å². The maximum atomic E-state index is 12.9. The minimum atomic E-state index is -0.292. The smallest absolute Gasteiger partial charge is 0.227 e. The first-order chi connectivity index (χ1) is 23.2. The summed E-state index contributed by atoms with van der Waals surface area (Å²) in [5, 5.41) is 13.9. The molecule has 0 fully saturated rings. The van der Waals surface area contributed by atoms with Crippen LogP contribution in [-0.2, 0) is 4.79 Å². The van der Waals surface area contributed by atoms with E-state index in [4.69, 9.17) is 5.26 Å². The molecule has 1 amide bonds. The van der Waals surface area contributed by atoms with Gasteiger partial charge in [-0.15, -0.1) is 13.2 Å². The predicted molar refractivity (Wildman–Crippen MR) is 212 cm³/mol. The summed E-state index contributed by atoms with van der Waals surface area (Å²) in [6.45, 7) is 31.8. The molecular weight excluding hydrogens is 589 g/mol. The first kappa shape index (κ1) is 48.0. The van der Waals surface area contributed by atoms with Crippen molar-refractivity contribution >= 4 is 5.91 Å². The van der Waals surface area contributed by atoms with Crippen LogP contribution in [0.25, 0.3) is 0 Å². The number of likely N-dealkylation sites (N-methyl/N-ethyl adjacent to an activating group) is 1. The van der Waals surface area contributed by atoms with Gasteiger partial charge in [0.15, 0.2) is 0 Å². The molecule has 0 bridgehead atoms. The summed E-state index contributed by atoms with van der Waals surface area (Å²) in [5.41, 5.74) is 5.89. The van der Waals surface area contributed by atoms with Crippen LogP contribution >= 0.6 is 0 Å². The highest BCUT2D eigenvalue weighted by molar-refractivity contribution is 5.80. The van der Waals surface area contributed by atoms with Crippen molar-refractivity contribution in [1.29, 1.82) is 5.26 Å². The van der Waals surface area contributed by atoms with Crippen molar-refractivity contribution in [3.05, 3.63) is 145 Å². The summed E-state index contributed by atoms with van der Waals surface area (Å²) < 4.78 is 0. The van der Waals surface area contributed by atoms with E-state index < -0.39 is 0 Å². The van der Waals surface area contributed by atoms with Crippen LogP contribution in [0.3, 0.4) is 0 Å². The van der Waals surface area contributed by atoms with Gasteiger partial charge in [0.1, 0.15) is 0 Å². The van der Waals surface area contributed by atoms with Crippen molar-refractivity contribution in [1.82, 2.24) is 15.5 Å². The van der Waals surface area contributed by atoms with Crippen molar-refractivity contribution in [2.45, 2.75) is 87.1 Å². The molecule has 0 saturated heterocycles. The Morgan fingerprint density at radius 2 is 1.44 bits per heavy atom. The van der Waals surface area contributed by atoms with Gasteiger partial charge in [0.25, 0.3) is 0 Å². The lowest BCUT2D eigenvalue weighted by Gasteiger charge is -2.23. The summed E-state index contributed by atoms with van der Waals surface area (Å²) in [6.07, 6.45) is 14.2. The maximum Gasteiger partial charge on any atom is 0.227 e. The lowest BCUT2D eigenvalue weighted by atomic mass is 9.98. The zero-order valence-corrected chi connectivity index (χ0v) is 31.7. The summed E-state index contributed by atoms with van der Waals surface area (Å²) in [6, 6.07) is 21.8. The Morgan fingerprint density at radius 3 is 1.83 bits per heavy atom. The molecule has 0 heterocycles. The molecule has 2 aromatic rings. The minimum Gasteiger partial charge on any atom is -0.348 e. The first-order valence-electron chi connectivity index (χ1n) is 17.2. The van der Waals surface area contributed by atoms with Crippen molar-refractivity contribution in [3.8, 4) is 6.07 Å². The Kier molecular flexibility index (Phi) is 33.9. The number of nitriles is 1. The highest BCUT2D eigenvalue weighted by Gasteiger charge is 2.19. The van der Waals surface area contributed by atoms with Gasteiger partial charge in [-0.3, -0.25) is 4.79 Å². The molecule has 0 radical (unpaired) electrons. The predicted octanol–water partition coefficient (Wildman–Crippen LogP) is 11.1. The normalized spacial score (nSPS) is 11.0. The topological polar surface area (TPSA) is 68.2 Å². The fraction of sp³-hybridized carbons (Fsp3) is 0.395. The van der Waals surface area contributed by atoms with Gasteiger partial charge in [-0.25, -0.2) is 0 Å². The maximum absolute atomic E-state index is 12.9. The number of nitrogens with one attached hydrogen (secondary N) is 2. The van der Waals surface area contributed by atoms with E-state index in [1.807, 2.05) is 119 Å². The van der Waals surface area contributed by atoms with E-state index in [1.165, 1.54) is 17.6 Å². The molecule has 2 N–H and O–H groups in total. The average molecular weight is 655 g/mol. The standard InChI is InChI=1S/C25H31N3O.C11H20.C3H5N.C2H6.C2H4/c1-5-21(3)28(19-17-26-4)18-16-20(2)25(29)27-24(22-12-8-6-9-13-22)23-14-10-7-11-15-23;1-5-7-11(4)9-8-10(3)6-2;1-2-3-4;2*1-2/h5-16,18,20,24,26H,1,3,17,19H2,2,4H3,(H,27,29);7-8H,5-6,9H2,1-4H3;2H2,1H3;1-2H3;1-2H2/b;10-8+,11-7-;;;.